The normalized spacial score (nSPS) is 20.4. The molecule has 2 fully saturated rings. The number of hydrogen-bond donors (Lipinski definition) is 2. The van der Waals surface area contributed by atoms with Crippen LogP contribution in [0, 0.1) is 5.41 Å². The van der Waals surface area contributed by atoms with E-state index in [1.54, 1.807) is 26.1 Å². The van der Waals surface area contributed by atoms with E-state index in [1.807, 2.05) is 6.92 Å². The van der Waals surface area contributed by atoms with Crippen molar-refractivity contribution in [3.63, 3.8) is 0 Å². The zero-order valence-electron chi connectivity index (χ0n) is 25.1. The summed E-state index contributed by atoms with van der Waals surface area (Å²) in [5, 5.41) is 8.24. The van der Waals surface area contributed by atoms with Gasteiger partial charge in [0, 0.05) is 46.9 Å². The van der Waals surface area contributed by atoms with Crippen molar-refractivity contribution in [1.82, 2.24) is 9.88 Å². The molecular formula is C31H37F6N5O2. The molecule has 0 spiro atoms. The predicted molar refractivity (Wildman–Crippen MR) is 155 cm³/mol. The van der Waals surface area contributed by atoms with Crippen molar-refractivity contribution in [1.29, 1.82) is 5.41 Å². The number of amides is 1. The minimum Gasteiger partial charge on any atom is -0.439 e. The van der Waals surface area contributed by atoms with Crippen LogP contribution in [0.1, 0.15) is 93.7 Å². The molecule has 0 bridgehead atoms. The number of pyridine rings is 1. The van der Waals surface area contributed by atoms with Crippen LogP contribution in [0.2, 0.25) is 0 Å². The lowest BCUT2D eigenvalue weighted by Gasteiger charge is -2.36. The maximum Gasteiger partial charge on any atom is 0.416 e. The second-order valence-corrected chi connectivity index (χ2v) is 11.5. The smallest absolute Gasteiger partial charge is 0.416 e. The third-order valence-corrected chi connectivity index (χ3v) is 8.30. The van der Waals surface area contributed by atoms with E-state index < -0.39 is 47.3 Å². The summed E-state index contributed by atoms with van der Waals surface area (Å²) >= 11 is 0. The number of nitrogens with two attached hydrogens (primary N) is 1. The molecule has 0 radical (unpaired) electrons. The van der Waals surface area contributed by atoms with E-state index in [-0.39, 0.29) is 24.4 Å². The van der Waals surface area contributed by atoms with Gasteiger partial charge in [0.15, 0.2) is 0 Å². The Morgan fingerprint density at radius 2 is 1.64 bits per heavy atom. The molecule has 3 N–H and O–H groups in total. The van der Waals surface area contributed by atoms with Crippen molar-refractivity contribution in [2.45, 2.75) is 96.9 Å². The fourth-order valence-electron chi connectivity index (χ4n) is 6.21. The van der Waals surface area contributed by atoms with Gasteiger partial charge in [0.2, 0.25) is 0 Å². The van der Waals surface area contributed by atoms with Crippen LogP contribution < -0.4 is 10.6 Å². The van der Waals surface area contributed by atoms with E-state index in [2.05, 4.69) is 4.90 Å². The molecule has 2 unspecified atom stereocenters. The van der Waals surface area contributed by atoms with Crippen molar-refractivity contribution in [3.8, 4) is 0 Å². The van der Waals surface area contributed by atoms with Crippen molar-refractivity contribution in [3.05, 3.63) is 64.0 Å². The minimum absolute atomic E-state index is 0.0482. The number of nitrogens with one attached hydrogen (secondary N) is 1. The van der Waals surface area contributed by atoms with Crippen LogP contribution in [0.15, 0.2) is 36.2 Å². The van der Waals surface area contributed by atoms with Gasteiger partial charge in [-0.2, -0.15) is 26.3 Å². The number of ether oxygens (including phenoxy) is 1. The third-order valence-electron chi connectivity index (χ3n) is 8.30. The summed E-state index contributed by atoms with van der Waals surface area (Å²) in [6.45, 7) is 7.33. The quantitative estimate of drug-likeness (QED) is 0.228. The first-order valence-electron chi connectivity index (χ1n) is 14.6. The molecule has 13 heteroatoms. The Kier molecular flexibility index (Phi) is 9.55. The highest BCUT2D eigenvalue weighted by Gasteiger charge is 2.43. The molecule has 1 aromatic heterocycles. The molecule has 44 heavy (non-hydrogen) atoms. The Hall–Kier alpha value is -3.77. The molecule has 1 aliphatic carbocycles. The summed E-state index contributed by atoms with van der Waals surface area (Å²) in [6.07, 6.45) is -5.51. The Balaban J connectivity index is 1.76. The molecule has 2 atom stereocenters. The Bertz CT molecular complexity index is 1400. The van der Waals surface area contributed by atoms with Gasteiger partial charge in [0.1, 0.15) is 11.9 Å². The number of allylic oxidation sites excluding steroid dienone is 2. The molecule has 1 aliphatic heterocycles. The van der Waals surface area contributed by atoms with Gasteiger partial charge in [-0.1, -0.05) is 19.3 Å². The standard InChI is InChI=1S/C31H37F6N5O2/c1-5-41(25-9-7-6-8-10-25)28-22(11-21(15-40-28)26(17(2)38)18(3)39)16-42-19(4)27(44-29(42)43)20-12-23(30(32,33)34)14-24(13-20)31(35,36)37/h11-15,19,25,27,38H,5-10,16,39H2,1-4H3/b26-18+,38-17?. The Labute approximate surface area is 252 Å². The van der Waals surface area contributed by atoms with Gasteiger partial charge in [0.05, 0.1) is 23.7 Å². The van der Waals surface area contributed by atoms with Crippen molar-refractivity contribution >= 4 is 23.2 Å². The van der Waals surface area contributed by atoms with E-state index in [0.717, 1.165) is 32.1 Å². The number of rotatable bonds is 8. The second kappa shape index (κ2) is 12.7. The lowest BCUT2D eigenvalue weighted by molar-refractivity contribution is -0.143. The first-order chi connectivity index (χ1) is 20.5. The summed E-state index contributed by atoms with van der Waals surface area (Å²) in [4.78, 5) is 21.4. The number of nitrogens with zero attached hydrogens (tertiary/aromatic N) is 3. The first-order valence-corrected chi connectivity index (χ1v) is 14.6. The topological polar surface area (TPSA) is 95.5 Å². The summed E-state index contributed by atoms with van der Waals surface area (Å²) in [5.41, 5.74) is 4.98. The lowest BCUT2D eigenvalue weighted by Crippen LogP contribution is -2.39. The van der Waals surface area contributed by atoms with Crippen LogP contribution in [-0.2, 0) is 23.6 Å². The maximum absolute atomic E-state index is 13.6. The van der Waals surface area contributed by atoms with Gasteiger partial charge < -0.3 is 20.8 Å². The van der Waals surface area contributed by atoms with Crippen LogP contribution in [0.3, 0.4) is 0 Å². The van der Waals surface area contributed by atoms with Crippen molar-refractivity contribution in [2.75, 3.05) is 11.4 Å². The predicted octanol–water partition coefficient (Wildman–Crippen LogP) is 8.09. The summed E-state index contributed by atoms with van der Waals surface area (Å²) in [6, 6.07) is 2.32. The maximum atomic E-state index is 13.6. The molecular weight excluding hydrogens is 588 g/mol. The lowest BCUT2D eigenvalue weighted by atomic mass is 9.93. The molecule has 2 heterocycles. The Morgan fingerprint density at radius 1 is 1.05 bits per heavy atom. The average Bonchev–Trinajstić information content (AvgIpc) is 3.22. The Morgan fingerprint density at radius 3 is 2.14 bits per heavy atom. The number of benzene rings is 1. The van der Waals surface area contributed by atoms with E-state index >= 15 is 0 Å². The van der Waals surface area contributed by atoms with Gasteiger partial charge in [-0.15, -0.1) is 0 Å². The van der Waals surface area contributed by atoms with Gasteiger partial charge in [-0.3, -0.25) is 4.90 Å². The van der Waals surface area contributed by atoms with Gasteiger partial charge in [-0.25, -0.2) is 9.78 Å². The number of aromatic nitrogens is 1. The molecule has 7 nitrogen and oxygen atoms in total. The van der Waals surface area contributed by atoms with Crippen LogP contribution in [-0.4, -0.2) is 40.3 Å². The minimum atomic E-state index is -5.04. The highest BCUT2D eigenvalue weighted by Crippen LogP contribution is 2.42. The number of anilines is 1. The van der Waals surface area contributed by atoms with Crippen molar-refractivity contribution in [2.24, 2.45) is 5.73 Å². The molecule has 240 valence electrons. The average molecular weight is 626 g/mol. The van der Waals surface area contributed by atoms with E-state index in [0.29, 0.717) is 46.9 Å². The fraction of sp³-hybridized carbons (Fsp3) is 0.516. The number of carbonyl (C=O) groups excluding carboxylic acids is 1. The number of carbonyl (C=O) groups is 1. The van der Waals surface area contributed by atoms with Gasteiger partial charge >= 0.3 is 18.4 Å². The third kappa shape index (κ3) is 6.96. The molecule has 1 saturated heterocycles. The van der Waals surface area contributed by atoms with Crippen LogP contribution >= 0.6 is 0 Å². The van der Waals surface area contributed by atoms with Crippen molar-refractivity contribution < 1.29 is 35.9 Å². The molecule has 2 aromatic rings. The fourth-order valence-corrected chi connectivity index (χ4v) is 6.21. The second-order valence-electron chi connectivity index (χ2n) is 11.5. The SMILES string of the molecule is CCN(c1ncc(/C(C(C)=N)=C(\C)N)cc1CN1C(=O)OC(c2cc(C(F)(F)F)cc(C(F)(F)F)c2)C1C)C1CCCCC1. The number of hydrogen-bond acceptors (Lipinski definition) is 6. The zero-order chi connectivity index (χ0) is 32.6. The highest BCUT2D eigenvalue weighted by molar-refractivity contribution is 6.21. The van der Waals surface area contributed by atoms with Crippen LogP contribution in [0.5, 0.6) is 0 Å². The number of alkyl halides is 6. The molecule has 1 saturated carbocycles. The van der Waals surface area contributed by atoms with Gasteiger partial charge in [-0.05, 0) is 70.4 Å². The van der Waals surface area contributed by atoms with Crippen LogP contribution in [0.25, 0.3) is 5.57 Å². The zero-order valence-corrected chi connectivity index (χ0v) is 25.1. The first kappa shape index (κ1) is 33.1. The highest BCUT2D eigenvalue weighted by atomic mass is 19.4. The monoisotopic (exact) mass is 625 g/mol. The summed E-state index contributed by atoms with van der Waals surface area (Å²) in [7, 11) is 0. The molecule has 4 rings (SSSR count). The molecule has 1 amide bonds. The summed E-state index contributed by atoms with van der Waals surface area (Å²) in [5.74, 6) is 0.613. The molecule has 1 aromatic carbocycles. The van der Waals surface area contributed by atoms with E-state index in [1.165, 1.54) is 11.8 Å². The largest absolute Gasteiger partial charge is 0.439 e. The number of cyclic esters (lactones) is 1. The van der Waals surface area contributed by atoms with Crippen LogP contribution in [0.4, 0.5) is 37.0 Å². The van der Waals surface area contributed by atoms with E-state index in [9.17, 15) is 31.1 Å². The summed E-state index contributed by atoms with van der Waals surface area (Å²) < 4.78 is 86.8. The molecule has 2 aliphatic rings. The number of halogens is 6. The van der Waals surface area contributed by atoms with E-state index in [4.69, 9.17) is 20.9 Å². The van der Waals surface area contributed by atoms with Gasteiger partial charge in [0.25, 0.3) is 0 Å².